The van der Waals surface area contributed by atoms with Crippen molar-refractivity contribution in [1.82, 2.24) is 5.32 Å². The summed E-state index contributed by atoms with van der Waals surface area (Å²) in [5, 5.41) is 12.3. The van der Waals surface area contributed by atoms with E-state index >= 15 is 0 Å². The standard InChI is InChI=1S/C14H18ClNO3/c1-14(2,3)11(13(18)19)12(17)16-8-9-6-4-5-7-10(9)15/h4-7,11H,8H2,1-3H3,(H,16,17)(H,18,19). The van der Waals surface area contributed by atoms with E-state index in [1.165, 1.54) is 0 Å². The highest BCUT2D eigenvalue weighted by Gasteiger charge is 2.37. The Morgan fingerprint density at radius 2 is 1.89 bits per heavy atom. The highest BCUT2D eigenvalue weighted by atomic mass is 35.5. The van der Waals surface area contributed by atoms with Gasteiger partial charge in [-0.25, -0.2) is 0 Å². The summed E-state index contributed by atoms with van der Waals surface area (Å²) in [7, 11) is 0. The second kappa shape index (κ2) is 6.06. The Morgan fingerprint density at radius 1 is 1.32 bits per heavy atom. The SMILES string of the molecule is CC(C)(C)C(C(=O)O)C(=O)NCc1ccccc1Cl. The maximum absolute atomic E-state index is 12.0. The van der Waals surface area contributed by atoms with E-state index in [2.05, 4.69) is 5.32 Å². The molecule has 1 aromatic carbocycles. The first-order chi connectivity index (χ1) is 8.73. The molecule has 1 rings (SSSR count). The Balaban J connectivity index is 2.74. The van der Waals surface area contributed by atoms with Gasteiger partial charge in [-0.1, -0.05) is 50.6 Å². The maximum atomic E-state index is 12.0. The van der Waals surface area contributed by atoms with Crippen LogP contribution in [0.4, 0.5) is 0 Å². The molecule has 0 bridgehead atoms. The van der Waals surface area contributed by atoms with Crippen LogP contribution in [0.3, 0.4) is 0 Å². The molecule has 0 saturated carbocycles. The van der Waals surface area contributed by atoms with Crippen LogP contribution in [0.5, 0.6) is 0 Å². The summed E-state index contributed by atoms with van der Waals surface area (Å²) in [6.07, 6.45) is 0. The number of nitrogens with one attached hydrogen (secondary N) is 1. The minimum Gasteiger partial charge on any atom is -0.481 e. The fourth-order valence-electron chi connectivity index (χ4n) is 1.80. The van der Waals surface area contributed by atoms with E-state index in [1.54, 1.807) is 39.0 Å². The van der Waals surface area contributed by atoms with E-state index in [0.29, 0.717) is 5.02 Å². The van der Waals surface area contributed by atoms with Crippen molar-refractivity contribution in [2.24, 2.45) is 11.3 Å². The molecule has 0 aliphatic rings. The first-order valence-electron chi connectivity index (χ1n) is 5.97. The molecule has 0 aliphatic heterocycles. The molecule has 0 heterocycles. The minimum absolute atomic E-state index is 0.221. The van der Waals surface area contributed by atoms with Crippen molar-refractivity contribution in [1.29, 1.82) is 0 Å². The molecule has 104 valence electrons. The lowest BCUT2D eigenvalue weighted by Gasteiger charge is -2.26. The molecule has 4 nitrogen and oxygen atoms in total. The molecule has 0 saturated heterocycles. The quantitative estimate of drug-likeness (QED) is 0.835. The molecule has 5 heteroatoms. The zero-order chi connectivity index (χ0) is 14.6. The molecule has 2 N–H and O–H groups in total. The summed E-state index contributed by atoms with van der Waals surface area (Å²) in [6, 6.07) is 7.12. The van der Waals surface area contributed by atoms with Gasteiger partial charge in [-0.2, -0.15) is 0 Å². The average Bonchev–Trinajstić information content (AvgIpc) is 2.25. The molecule has 1 unspecified atom stereocenters. The number of rotatable bonds is 4. The van der Waals surface area contributed by atoms with Gasteiger partial charge < -0.3 is 10.4 Å². The molecule has 1 amide bonds. The van der Waals surface area contributed by atoms with Gasteiger partial charge in [0.05, 0.1) is 0 Å². The number of hydrogen-bond acceptors (Lipinski definition) is 2. The second-order valence-corrected chi connectivity index (χ2v) is 5.85. The predicted molar refractivity (Wildman–Crippen MR) is 73.9 cm³/mol. The van der Waals surface area contributed by atoms with E-state index in [-0.39, 0.29) is 6.54 Å². The van der Waals surface area contributed by atoms with E-state index < -0.39 is 23.2 Å². The Kier molecular flexibility index (Phi) is 4.95. The number of aliphatic carboxylic acids is 1. The first-order valence-corrected chi connectivity index (χ1v) is 6.35. The van der Waals surface area contributed by atoms with E-state index in [9.17, 15) is 9.59 Å². The number of benzene rings is 1. The van der Waals surface area contributed by atoms with Gasteiger partial charge in [0.15, 0.2) is 0 Å². The van der Waals surface area contributed by atoms with Crippen LogP contribution in [0.1, 0.15) is 26.3 Å². The normalized spacial score (nSPS) is 12.8. The third-order valence-corrected chi connectivity index (χ3v) is 3.15. The van der Waals surface area contributed by atoms with Gasteiger partial charge >= 0.3 is 5.97 Å². The summed E-state index contributed by atoms with van der Waals surface area (Å²) in [5.74, 6) is -2.71. The molecule has 0 spiro atoms. The van der Waals surface area contributed by atoms with E-state index in [0.717, 1.165) is 5.56 Å². The largest absolute Gasteiger partial charge is 0.481 e. The first kappa shape index (κ1) is 15.5. The number of carboxylic acids is 1. The predicted octanol–water partition coefficient (Wildman–Crippen LogP) is 2.70. The third-order valence-electron chi connectivity index (χ3n) is 2.79. The Labute approximate surface area is 117 Å². The smallest absolute Gasteiger partial charge is 0.316 e. The Morgan fingerprint density at radius 3 is 2.37 bits per heavy atom. The van der Waals surface area contributed by atoms with Gasteiger partial charge in [0.2, 0.25) is 5.91 Å². The van der Waals surface area contributed by atoms with Gasteiger partial charge in [0.1, 0.15) is 5.92 Å². The Bertz CT molecular complexity index is 480. The van der Waals surface area contributed by atoms with Crippen LogP contribution in [-0.2, 0) is 16.1 Å². The topological polar surface area (TPSA) is 66.4 Å². The lowest BCUT2D eigenvalue weighted by atomic mass is 9.80. The monoisotopic (exact) mass is 283 g/mol. The van der Waals surface area contributed by atoms with Crippen LogP contribution in [-0.4, -0.2) is 17.0 Å². The number of halogens is 1. The molecule has 1 atom stereocenters. The summed E-state index contributed by atoms with van der Waals surface area (Å²) in [4.78, 5) is 23.2. The zero-order valence-corrected chi connectivity index (χ0v) is 12.0. The fourth-order valence-corrected chi connectivity index (χ4v) is 2.00. The lowest BCUT2D eigenvalue weighted by molar-refractivity contribution is -0.151. The van der Waals surface area contributed by atoms with Gasteiger partial charge in [-0.3, -0.25) is 9.59 Å². The van der Waals surface area contributed by atoms with Crippen LogP contribution in [0.15, 0.2) is 24.3 Å². The zero-order valence-electron chi connectivity index (χ0n) is 11.2. The van der Waals surface area contributed by atoms with Crippen molar-refractivity contribution in [3.63, 3.8) is 0 Å². The average molecular weight is 284 g/mol. The summed E-state index contributed by atoms with van der Waals surface area (Å²) < 4.78 is 0. The second-order valence-electron chi connectivity index (χ2n) is 5.45. The van der Waals surface area contributed by atoms with Crippen molar-refractivity contribution >= 4 is 23.5 Å². The van der Waals surface area contributed by atoms with Crippen LogP contribution in [0.2, 0.25) is 5.02 Å². The molecule has 19 heavy (non-hydrogen) atoms. The van der Waals surface area contributed by atoms with Gasteiger partial charge in [-0.15, -0.1) is 0 Å². The summed E-state index contributed by atoms with van der Waals surface area (Å²) >= 11 is 5.97. The molecule has 0 fully saturated rings. The van der Waals surface area contributed by atoms with Crippen LogP contribution in [0, 0.1) is 11.3 Å². The van der Waals surface area contributed by atoms with Crippen molar-refractivity contribution in [3.8, 4) is 0 Å². The van der Waals surface area contributed by atoms with Gasteiger partial charge in [-0.05, 0) is 17.0 Å². The van der Waals surface area contributed by atoms with Crippen LogP contribution < -0.4 is 5.32 Å². The minimum atomic E-state index is -1.12. The van der Waals surface area contributed by atoms with Gasteiger partial charge in [0, 0.05) is 11.6 Å². The highest BCUT2D eigenvalue weighted by Crippen LogP contribution is 2.26. The van der Waals surface area contributed by atoms with Crippen LogP contribution >= 0.6 is 11.6 Å². The number of hydrogen-bond donors (Lipinski definition) is 2. The van der Waals surface area contributed by atoms with Crippen LogP contribution in [0.25, 0.3) is 0 Å². The number of carboxylic acid groups (broad SMARTS) is 1. The van der Waals surface area contributed by atoms with Gasteiger partial charge in [0.25, 0.3) is 0 Å². The van der Waals surface area contributed by atoms with Crippen molar-refractivity contribution in [3.05, 3.63) is 34.9 Å². The summed E-state index contributed by atoms with van der Waals surface area (Å²) in [6.45, 7) is 5.39. The molecular formula is C14H18ClNO3. The van der Waals surface area contributed by atoms with Crippen molar-refractivity contribution in [2.75, 3.05) is 0 Å². The molecule has 0 radical (unpaired) electrons. The van der Waals surface area contributed by atoms with Crippen molar-refractivity contribution in [2.45, 2.75) is 27.3 Å². The molecular weight excluding hydrogens is 266 g/mol. The lowest BCUT2D eigenvalue weighted by Crippen LogP contribution is -2.42. The molecule has 0 aliphatic carbocycles. The number of carbonyl (C=O) groups is 2. The highest BCUT2D eigenvalue weighted by molar-refractivity contribution is 6.31. The number of amides is 1. The molecule has 0 aromatic heterocycles. The third kappa shape index (κ3) is 4.24. The van der Waals surface area contributed by atoms with E-state index in [4.69, 9.17) is 16.7 Å². The Hall–Kier alpha value is -1.55. The van der Waals surface area contributed by atoms with Crippen molar-refractivity contribution < 1.29 is 14.7 Å². The summed E-state index contributed by atoms with van der Waals surface area (Å²) in [5.41, 5.74) is 0.117. The maximum Gasteiger partial charge on any atom is 0.316 e. The molecule has 1 aromatic rings. The van der Waals surface area contributed by atoms with E-state index in [1.807, 2.05) is 6.07 Å². The number of carbonyl (C=O) groups excluding carboxylic acids is 1. The fraction of sp³-hybridized carbons (Fsp3) is 0.429.